The molecule has 0 fully saturated rings. The number of hydrogen-bond donors (Lipinski definition) is 3. The largest absolute Gasteiger partial charge is 0.508 e. The fraction of sp³-hybridized carbons (Fsp3) is 0. The lowest BCUT2D eigenvalue weighted by atomic mass is 10.3. The molecule has 0 heterocycles. The van der Waals surface area contributed by atoms with Crippen LogP contribution in [0.25, 0.3) is 0 Å². The molecule has 7 heteroatoms. The molecule has 0 aliphatic carbocycles. The van der Waals surface area contributed by atoms with Crippen molar-refractivity contribution in [3.8, 4) is 11.2 Å². The van der Waals surface area contributed by atoms with Crippen LogP contribution in [0.4, 0.5) is 11.4 Å². The van der Waals surface area contributed by atoms with Gasteiger partial charge in [-0.15, -0.1) is 0 Å². The molecule has 6 nitrogen and oxygen atoms in total. The Morgan fingerprint density at radius 3 is 2.23 bits per heavy atom. The number of carbonyl (C=O) groups excluding carboxylic acids is 2. The summed E-state index contributed by atoms with van der Waals surface area (Å²) in [5, 5.41) is 24.6. The van der Waals surface area contributed by atoms with Crippen LogP contribution in [-0.2, 0) is 9.59 Å². The van der Waals surface area contributed by atoms with E-state index in [0.717, 1.165) is 16.7 Å². The first-order valence-corrected chi connectivity index (χ1v) is 6.97. The standard InChI is InChI=1S/C15H11N3O3S/c16-9-22-13-6-4-10(5-7-13)17-14(20)15(21)18-11-2-1-3-12(19)8-11/h1-8,19H,(H,17,20)(H,18,21). The number of phenolic OH excluding ortho intramolecular Hbond substituents is 1. The molecule has 0 bridgehead atoms. The minimum atomic E-state index is -0.846. The molecule has 2 rings (SSSR count). The normalized spacial score (nSPS) is 9.59. The summed E-state index contributed by atoms with van der Waals surface area (Å²) in [5.74, 6) is -1.69. The Hall–Kier alpha value is -2.98. The number of anilines is 2. The van der Waals surface area contributed by atoms with Crippen LogP contribution in [0.15, 0.2) is 53.4 Å². The number of nitrogens with one attached hydrogen (secondary N) is 2. The number of thioether (sulfide) groups is 1. The lowest BCUT2D eigenvalue weighted by Gasteiger charge is -2.07. The van der Waals surface area contributed by atoms with Gasteiger partial charge in [-0.05, 0) is 48.2 Å². The zero-order chi connectivity index (χ0) is 15.9. The van der Waals surface area contributed by atoms with Gasteiger partial charge in [0.05, 0.1) is 0 Å². The minimum Gasteiger partial charge on any atom is -0.508 e. The molecule has 0 aliphatic rings. The van der Waals surface area contributed by atoms with Crippen molar-refractivity contribution in [3.05, 3.63) is 48.5 Å². The zero-order valence-electron chi connectivity index (χ0n) is 11.2. The summed E-state index contributed by atoms with van der Waals surface area (Å²) >= 11 is 1.00. The van der Waals surface area contributed by atoms with E-state index in [2.05, 4.69) is 10.6 Å². The fourth-order valence-corrected chi connectivity index (χ4v) is 2.00. The van der Waals surface area contributed by atoms with E-state index in [1.807, 2.05) is 5.40 Å². The number of nitriles is 1. The summed E-state index contributed by atoms with van der Waals surface area (Å²) in [5.41, 5.74) is 0.763. The van der Waals surface area contributed by atoms with Gasteiger partial charge in [0, 0.05) is 22.3 Å². The van der Waals surface area contributed by atoms with Gasteiger partial charge < -0.3 is 15.7 Å². The molecule has 0 radical (unpaired) electrons. The maximum atomic E-state index is 11.8. The highest BCUT2D eigenvalue weighted by Gasteiger charge is 2.14. The van der Waals surface area contributed by atoms with Crippen molar-refractivity contribution in [3.63, 3.8) is 0 Å². The summed E-state index contributed by atoms with van der Waals surface area (Å²) < 4.78 is 0. The minimum absolute atomic E-state index is 0.0104. The Kier molecular flexibility index (Phi) is 5.01. The summed E-state index contributed by atoms with van der Waals surface area (Å²) in [7, 11) is 0. The topological polar surface area (TPSA) is 102 Å². The Morgan fingerprint density at radius 2 is 1.64 bits per heavy atom. The fourth-order valence-electron chi connectivity index (χ4n) is 1.62. The summed E-state index contributed by atoms with van der Waals surface area (Å²) in [6.45, 7) is 0. The molecule has 0 spiro atoms. The molecule has 0 aliphatic heterocycles. The third-order valence-electron chi connectivity index (χ3n) is 2.59. The van der Waals surface area contributed by atoms with Crippen LogP contribution >= 0.6 is 11.8 Å². The molecule has 0 aromatic heterocycles. The molecule has 2 aromatic carbocycles. The van der Waals surface area contributed by atoms with Crippen molar-refractivity contribution in [2.75, 3.05) is 10.6 Å². The first kappa shape index (κ1) is 15.4. The number of phenols is 1. The van der Waals surface area contributed by atoms with E-state index in [1.165, 1.54) is 12.1 Å². The Balaban J connectivity index is 1.96. The Labute approximate surface area is 130 Å². The summed E-state index contributed by atoms with van der Waals surface area (Å²) in [6, 6.07) is 12.4. The molecular weight excluding hydrogens is 302 g/mol. The number of rotatable bonds is 3. The number of amides is 2. The van der Waals surface area contributed by atoms with Crippen molar-refractivity contribution in [2.24, 2.45) is 0 Å². The highest BCUT2D eigenvalue weighted by Crippen LogP contribution is 2.19. The van der Waals surface area contributed by atoms with Crippen LogP contribution < -0.4 is 10.6 Å². The molecule has 0 unspecified atom stereocenters. The van der Waals surface area contributed by atoms with Gasteiger partial charge in [-0.25, -0.2) is 0 Å². The van der Waals surface area contributed by atoms with Gasteiger partial charge in [0.25, 0.3) is 0 Å². The van der Waals surface area contributed by atoms with Crippen molar-refractivity contribution in [1.29, 1.82) is 5.26 Å². The average Bonchev–Trinajstić information content (AvgIpc) is 2.49. The average molecular weight is 313 g/mol. The third kappa shape index (κ3) is 4.26. The van der Waals surface area contributed by atoms with Gasteiger partial charge >= 0.3 is 11.8 Å². The second-order valence-electron chi connectivity index (χ2n) is 4.18. The number of benzene rings is 2. The van der Waals surface area contributed by atoms with E-state index in [-0.39, 0.29) is 5.75 Å². The number of carbonyl (C=O) groups is 2. The second kappa shape index (κ2) is 7.15. The van der Waals surface area contributed by atoms with Crippen LogP contribution in [-0.4, -0.2) is 16.9 Å². The third-order valence-corrected chi connectivity index (χ3v) is 3.19. The van der Waals surface area contributed by atoms with Gasteiger partial charge in [-0.1, -0.05) is 6.07 Å². The molecule has 2 amide bonds. The molecule has 22 heavy (non-hydrogen) atoms. The predicted molar refractivity (Wildman–Crippen MR) is 83.3 cm³/mol. The van der Waals surface area contributed by atoms with E-state index in [9.17, 15) is 14.7 Å². The molecule has 110 valence electrons. The Morgan fingerprint density at radius 1 is 1.00 bits per heavy atom. The van der Waals surface area contributed by atoms with E-state index in [4.69, 9.17) is 5.26 Å². The number of nitrogens with zero attached hydrogens (tertiary/aromatic N) is 1. The van der Waals surface area contributed by atoms with E-state index in [0.29, 0.717) is 11.4 Å². The van der Waals surface area contributed by atoms with Crippen LogP contribution in [0.2, 0.25) is 0 Å². The van der Waals surface area contributed by atoms with Gasteiger partial charge in [0.2, 0.25) is 0 Å². The molecule has 3 N–H and O–H groups in total. The van der Waals surface area contributed by atoms with Crippen LogP contribution in [0.1, 0.15) is 0 Å². The lowest BCUT2D eigenvalue weighted by Crippen LogP contribution is -2.29. The van der Waals surface area contributed by atoms with Crippen molar-refractivity contribution in [2.45, 2.75) is 4.90 Å². The van der Waals surface area contributed by atoms with Crippen LogP contribution in [0.5, 0.6) is 5.75 Å². The van der Waals surface area contributed by atoms with E-state index >= 15 is 0 Å². The number of hydrogen-bond acceptors (Lipinski definition) is 5. The lowest BCUT2D eigenvalue weighted by molar-refractivity contribution is -0.132. The van der Waals surface area contributed by atoms with Gasteiger partial charge in [-0.3, -0.25) is 9.59 Å². The monoisotopic (exact) mass is 313 g/mol. The van der Waals surface area contributed by atoms with Gasteiger partial charge in [0.15, 0.2) is 0 Å². The molecule has 0 saturated carbocycles. The van der Waals surface area contributed by atoms with Crippen LogP contribution in [0.3, 0.4) is 0 Å². The van der Waals surface area contributed by atoms with E-state index < -0.39 is 11.8 Å². The highest BCUT2D eigenvalue weighted by molar-refractivity contribution is 8.03. The number of thiocyanates is 1. The maximum absolute atomic E-state index is 11.8. The first-order chi connectivity index (χ1) is 10.6. The zero-order valence-corrected chi connectivity index (χ0v) is 12.1. The molecule has 2 aromatic rings. The molecule has 0 saturated heterocycles. The number of aromatic hydroxyl groups is 1. The maximum Gasteiger partial charge on any atom is 0.314 e. The second-order valence-corrected chi connectivity index (χ2v) is 5.03. The van der Waals surface area contributed by atoms with Gasteiger partial charge in [-0.2, -0.15) is 5.26 Å². The highest BCUT2D eigenvalue weighted by atomic mass is 32.2. The molecule has 0 atom stereocenters. The van der Waals surface area contributed by atoms with Crippen molar-refractivity contribution < 1.29 is 14.7 Å². The van der Waals surface area contributed by atoms with Gasteiger partial charge in [0.1, 0.15) is 11.2 Å². The van der Waals surface area contributed by atoms with E-state index in [1.54, 1.807) is 36.4 Å². The summed E-state index contributed by atoms with van der Waals surface area (Å²) in [4.78, 5) is 24.3. The first-order valence-electron chi connectivity index (χ1n) is 6.16. The molecular formula is C15H11N3O3S. The van der Waals surface area contributed by atoms with Crippen LogP contribution in [0, 0.1) is 10.7 Å². The smallest absolute Gasteiger partial charge is 0.314 e. The SMILES string of the molecule is N#CSc1ccc(NC(=O)C(=O)Nc2cccc(O)c2)cc1. The van der Waals surface area contributed by atoms with Crippen molar-refractivity contribution in [1.82, 2.24) is 0 Å². The predicted octanol–water partition coefficient (Wildman–Crippen LogP) is 2.54. The quantitative estimate of drug-likeness (QED) is 0.459. The Bertz CT molecular complexity index is 738. The summed E-state index contributed by atoms with van der Waals surface area (Å²) in [6.07, 6.45) is 0. The van der Waals surface area contributed by atoms with Crippen molar-refractivity contribution >= 4 is 35.0 Å².